The maximum absolute atomic E-state index is 13.1. The van der Waals surface area contributed by atoms with Crippen LogP contribution < -0.4 is 0 Å². The maximum atomic E-state index is 13.1. The molecule has 3 aromatic rings. The van der Waals surface area contributed by atoms with Crippen molar-refractivity contribution in [1.82, 2.24) is 14.5 Å². The van der Waals surface area contributed by atoms with Gasteiger partial charge in [0, 0.05) is 37.1 Å². The van der Waals surface area contributed by atoms with Crippen molar-refractivity contribution in [3.63, 3.8) is 0 Å². The second-order valence-corrected chi connectivity index (χ2v) is 6.92. The minimum atomic E-state index is 0.149. The van der Waals surface area contributed by atoms with Crippen LogP contribution in [0, 0.1) is 0 Å². The molecule has 1 amide bonds. The van der Waals surface area contributed by atoms with E-state index >= 15 is 0 Å². The molecule has 26 heavy (non-hydrogen) atoms. The Morgan fingerprint density at radius 3 is 2.73 bits per heavy atom. The third kappa shape index (κ3) is 3.69. The molecule has 4 nitrogen and oxygen atoms in total. The van der Waals surface area contributed by atoms with E-state index in [1.54, 1.807) is 12.5 Å². The number of hydrogen-bond donors (Lipinski definition) is 0. The molecule has 0 bridgehead atoms. The Kier molecular flexibility index (Phi) is 4.82. The summed E-state index contributed by atoms with van der Waals surface area (Å²) in [5.41, 5.74) is 3.20. The number of rotatable bonds is 5. The van der Waals surface area contributed by atoms with Gasteiger partial charge < -0.3 is 9.47 Å². The van der Waals surface area contributed by atoms with Crippen LogP contribution in [0.5, 0.6) is 0 Å². The van der Waals surface area contributed by atoms with Crippen molar-refractivity contribution in [3.8, 4) is 0 Å². The molecule has 1 aliphatic rings. The predicted octanol–water partition coefficient (Wildman–Crippen LogP) is 3.78. The monoisotopic (exact) mass is 345 g/mol. The second kappa shape index (κ2) is 7.56. The van der Waals surface area contributed by atoms with Crippen molar-refractivity contribution >= 4 is 5.91 Å². The van der Waals surface area contributed by atoms with Crippen LogP contribution in [0.1, 0.15) is 34.3 Å². The molecular formula is C22H23N3O. The largest absolute Gasteiger partial charge is 0.335 e. The summed E-state index contributed by atoms with van der Waals surface area (Å²) in [6.07, 6.45) is 8.60. The highest BCUT2D eigenvalue weighted by atomic mass is 16.2. The quantitative estimate of drug-likeness (QED) is 0.706. The number of imidazole rings is 1. The van der Waals surface area contributed by atoms with Crippen molar-refractivity contribution in [2.24, 2.45) is 0 Å². The lowest BCUT2D eigenvalue weighted by Gasteiger charge is -2.25. The Bertz CT molecular complexity index is 858. The van der Waals surface area contributed by atoms with Gasteiger partial charge in [0.05, 0.1) is 6.33 Å². The first kappa shape index (κ1) is 16.6. The number of benzene rings is 2. The number of aromatic nitrogens is 2. The predicted molar refractivity (Wildman–Crippen MR) is 102 cm³/mol. The Morgan fingerprint density at radius 1 is 1.08 bits per heavy atom. The molecule has 0 unspecified atom stereocenters. The highest BCUT2D eigenvalue weighted by molar-refractivity contribution is 5.94. The molecule has 132 valence electrons. The van der Waals surface area contributed by atoms with E-state index in [0.717, 1.165) is 43.5 Å². The normalized spacial score (nSPS) is 16.8. The van der Waals surface area contributed by atoms with Gasteiger partial charge in [0.2, 0.25) is 0 Å². The zero-order valence-electron chi connectivity index (χ0n) is 14.8. The zero-order valence-corrected chi connectivity index (χ0v) is 14.8. The molecule has 1 atom stereocenters. The molecule has 0 aliphatic carbocycles. The van der Waals surface area contributed by atoms with E-state index in [1.165, 1.54) is 5.56 Å². The van der Waals surface area contributed by atoms with Crippen LogP contribution in [-0.2, 0) is 13.0 Å². The highest BCUT2D eigenvalue weighted by Crippen LogP contribution is 2.24. The molecule has 2 aromatic carbocycles. The molecule has 0 saturated carbocycles. The summed E-state index contributed by atoms with van der Waals surface area (Å²) in [5.74, 6) is 0.149. The van der Waals surface area contributed by atoms with Crippen LogP contribution in [0.3, 0.4) is 0 Å². The van der Waals surface area contributed by atoms with Crippen molar-refractivity contribution in [2.75, 3.05) is 6.54 Å². The van der Waals surface area contributed by atoms with E-state index in [4.69, 9.17) is 0 Å². The van der Waals surface area contributed by atoms with Crippen LogP contribution in [0.15, 0.2) is 73.3 Å². The Morgan fingerprint density at radius 2 is 1.92 bits per heavy atom. The van der Waals surface area contributed by atoms with E-state index in [1.807, 2.05) is 35.0 Å². The van der Waals surface area contributed by atoms with Crippen LogP contribution in [0.4, 0.5) is 0 Å². The van der Waals surface area contributed by atoms with Crippen molar-refractivity contribution < 1.29 is 4.79 Å². The highest BCUT2D eigenvalue weighted by Gasteiger charge is 2.29. The number of likely N-dealkylation sites (tertiary alicyclic amines) is 1. The molecule has 2 heterocycles. The van der Waals surface area contributed by atoms with Gasteiger partial charge in [-0.25, -0.2) is 4.98 Å². The van der Waals surface area contributed by atoms with Crippen molar-refractivity contribution in [3.05, 3.63) is 90.0 Å². The molecule has 1 saturated heterocycles. The molecular weight excluding hydrogens is 322 g/mol. The van der Waals surface area contributed by atoms with Gasteiger partial charge in [-0.15, -0.1) is 0 Å². The average molecular weight is 345 g/mol. The van der Waals surface area contributed by atoms with Crippen LogP contribution in [0.2, 0.25) is 0 Å². The van der Waals surface area contributed by atoms with E-state index < -0.39 is 0 Å². The lowest BCUT2D eigenvalue weighted by Crippen LogP contribution is -2.36. The van der Waals surface area contributed by atoms with Gasteiger partial charge in [-0.05, 0) is 42.5 Å². The Labute approximate surface area is 154 Å². The van der Waals surface area contributed by atoms with E-state index in [-0.39, 0.29) is 5.91 Å². The van der Waals surface area contributed by atoms with Gasteiger partial charge in [0.1, 0.15) is 0 Å². The fourth-order valence-corrected chi connectivity index (χ4v) is 3.76. The number of amides is 1. The molecule has 4 rings (SSSR count). The number of carbonyl (C=O) groups is 1. The summed E-state index contributed by atoms with van der Waals surface area (Å²) in [4.78, 5) is 19.2. The summed E-state index contributed by atoms with van der Waals surface area (Å²) in [5, 5.41) is 0. The van der Waals surface area contributed by atoms with Gasteiger partial charge in [-0.2, -0.15) is 0 Å². The standard InChI is InChI=1S/C22H23N3O/c26-22(20-9-4-8-19(14-20)16-24-13-11-23-17-24)25-12-5-10-21(25)15-18-6-2-1-3-7-18/h1-4,6-9,11,13-14,17,21H,5,10,12,15-16H2/t21-/m1/s1. The zero-order chi connectivity index (χ0) is 17.8. The van der Waals surface area contributed by atoms with Gasteiger partial charge in [-0.1, -0.05) is 42.5 Å². The topological polar surface area (TPSA) is 38.1 Å². The smallest absolute Gasteiger partial charge is 0.254 e. The third-order valence-electron chi connectivity index (χ3n) is 5.05. The molecule has 1 aliphatic heterocycles. The van der Waals surface area contributed by atoms with Crippen LogP contribution >= 0.6 is 0 Å². The summed E-state index contributed by atoms with van der Waals surface area (Å²) in [6, 6.07) is 18.7. The fraction of sp³-hybridized carbons (Fsp3) is 0.273. The number of carbonyl (C=O) groups excluding carboxylic acids is 1. The molecule has 0 spiro atoms. The average Bonchev–Trinajstić information content (AvgIpc) is 3.34. The van der Waals surface area contributed by atoms with Crippen LogP contribution in [0.25, 0.3) is 0 Å². The van der Waals surface area contributed by atoms with Gasteiger partial charge in [0.15, 0.2) is 0 Å². The van der Waals surface area contributed by atoms with Gasteiger partial charge in [0.25, 0.3) is 5.91 Å². The molecule has 4 heteroatoms. The van der Waals surface area contributed by atoms with E-state index in [2.05, 4.69) is 40.2 Å². The van der Waals surface area contributed by atoms with Gasteiger partial charge >= 0.3 is 0 Å². The van der Waals surface area contributed by atoms with Gasteiger partial charge in [-0.3, -0.25) is 4.79 Å². The number of nitrogens with zero attached hydrogens (tertiary/aromatic N) is 3. The summed E-state index contributed by atoms with van der Waals surface area (Å²) < 4.78 is 2.01. The lowest BCUT2D eigenvalue weighted by atomic mass is 10.0. The molecule has 1 fully saturated rings. The first-order chi connectivity index (χ1) is 12.8. The minimum Gasteiger partial charge on any atom is -0.335 e. The SMILES string of the molecule is O=C(c1cccc(Cn2ccnc2)c1)N1CCC[C@@H]1Cc1ccccc1. The Hall–Kier alpha value is -2.88. The maximum Gasteiger partial charge on any atom is 0.254 e. The lowest BCUT2D eigenvalue weighted by molar-refractivity contribution is 0.0736. The minimum absolute atomic E-state index is 0.149. The first-order valence-electron chi connectivity index (χ1n) is 9.19. The number of hydrogen-bond acceptors (Lipinski definition) is 2. The summed E-state index contributed by atoms with van der Waals surface area (Å²) in [6.45, 7) is 1.58. The van der Waals surface area contributed by atoms with E-state index in [0.29, 0.717) is 6.04 Å². The van der Waals surface area contributed by atoms with Crippen molar-refractivity contribution in [1.29, 1.82) is 0 Å². The van der Waals surface area contributed by atoms with Crippen LogP contribution in [-0.4, -0.2) is 32.9 Å². The Balaban J connectivity index is 1.49. The molecule has 0 N–H and O–H groups in total. The van der Waals surface area contributed by atoms with Crippen molar-refractivity contribution in [2.45, 2.75) is 31.8 Å². The molecule has 1 aromatic heterocycles. The van der Waals surface area contributed by atoms with E-state index in [9.17, 15) is 4.79 Å². The molecule has 0 radical (unpaired) electrons. The fourth-order valence-electron chi connectivity index (χ4n) is 3.76. The second-order valence-electron chi connectivity index (χ2n) is 6.92. The summed E-state index contributed by atoms with van der Waals surface area (Å²) >= 11 is 0. The summed E-state index contributed by atoms with van der Waals surface area (Å²) in [7, 11) is 0. The first-order valence-corrected chi connectivity index (χ1v) is 9.19. The third-order valence-corrected chi connectivity index (χ3v) is 5.05.